The molecule has 1 aromatic heterocycles. The van der Waals surface area contributed by atoms with Crippen molar-refractivity contribution in [1.29, 1.82) is 0 Å². The van der Waals surface area contributed by atoms with Crippen LogP contribution in [-0.2, 0) is 19.1 Å². The van der Waals surface area contributed by atoms with Crippen LogP contribution in [0.1, 0.15) is 44.9 Å². The van der Waals surface area contributed by atoms with E-state index in [0.29, 0.717) is 34.0 Å². The molecule has 0 fully saturated rings. The second kappa shape index (κ2) is 8.98. The standard InChI is InChI=1S/C23H26N2O5/c1-6-28-22(26)19-14(4)24-15(5)20(23(27)29-7-2)21(19)17-12-18(30-25-17)16-10-8-13(3)9-11-16/h8-12,21,24H,6-7H2,1-5H3. The van der Waals surface area contributed by atoms with Crippen LogP contribution in [0.25, 0.3) is 11.3 Å². The summed E-state index contributed by atoms with van der Waals surface area (Å²) >= 11 is 0. The molecule has 2 heterocycles. The second-order valence-corrected chi connectivity index (χ2v) is 7.06. The molecule has 30 heavy (non-hydrogen) atoms. The molecule has 0 aliphatic carbocycles. The third-order valence-corrected chi connectivity index (χ3v) is 4.91. The van der Waals surface area contributed by atoms with Gasteiger partial charge in [0, 0.05) is 23.0 Å². The number of carbonyl (C=O) groups is 2. The van der Waals surface area contributed by atoms with Crippen LogP contribution >= 0.6 is 0 Å². The summed E-state index contributed by atoms with van der Waals surface area (Å²) < 4.78 is 16.1. The molecule has 1 aromatic carbocycles. The smallest absolute Gasteiger partial charge is 0.336 e. The number of aryl methyl sites for hydroxylation is 1. The van der Waals surface area contributed by atoms with E-state index in [1.807, 2.05) is 31.2 Å². The van der Waals surface area contributed by atoms with Gasteiger partial charge in [-0.15, -0.1) is 0 Å². The van der Waals surface area contributed by atoms with Gasteiger partial charge in [0.1, 0.15) is 0 Å². The molecule has 0 atom stereocenters. The first-order chi connectivity index (χ1) is 14.4. The van der Waals surface area contributed by atoms with Crippen LogP contribution < -0.4 is 5.32 Å². The Balaban J connectivity index is 2.11. The van der Waals surface area contributed by atoms with Gasteiger partial charge in [-0.25, -0.2) is 9.59 Å². The fourth-order valence-electron chi connectivity index (χ4n) is 3.53. The lowest BCUT2D eigenvalue weighted by Gasteiger charge is -2.28. The predicted molar refractivity (Wildman–Crippen MR) is 111 cm³/mol. The first-order valence-electron chi connectivity index (χ1n) is 9.93. The molecule has 1 aliphatic rings. The molecule has 7 nitrogen and oxygen atoms in total. The van der Waals surface area contributed by atoms with Crippen molar-refractivity contribution in [2.24, 2.45) is 0 Å². The summed E-state index contributed by atoms with van der Waals surface area (Å²) in [6, 6.07) is 9.57. The van der Waals surface area contributed by atoms with E-state index in [1.165, 1.54) is 0 Å². The molecule has 0 saturated carbocycles. The minimum atomic E-state index is -0.757. The van der Waals surface area contributed by atoms with Gasteiger partial charge >= 0.3 is 11.9 Å². The van der Waals surface area contributed by atoms with Crippen molar-refractivity contribution in [2.75, 3.05) is 13.2 Å². The van der Waals surface area contributed by atoms with Crippen molar-refractivity contribution in [3.63, 3.8) is 0 Å². The maximum absolute atomic E-state index is 12.8. The first kappa shape index (κ1) is 21.4. The van der Waals surface area contributed by atoms with Crippen LogP contribution in [0.2, 0.25) is 0 Å². The number of allylic oxidation sites excluding steroid dienone is 2. The van der Waals surface area contributed by atoms with Crippen LogP contribution in [0.5, 0.6) is 0 Å². The summed E-state index contributed by atoms with van der Waals surface area (Å²) in [7, 11) is 0. The van der Waals surface area contributed by atoms with Gasteiger partial charge in [0.05, 0.1) is 36.0 Å². The lowest BCUT2D eigenvalue weighted by atomic mass is 9.83. The highest BCUT2D eigenvalue weighted by molar-refractivity contribution is 5.99. The van der Waals surface area contributed by atoms with E-state index in [9.17, 15) is 9.59 Å². The molecule has 0 saturated heterocycles. The van der Waals surface area contributed by atoms with Crippen LogP contribution in [-0.4, -0.2) is 30.3 Å². The van der Waals surface area contributed by atoms with Crippen molar-refractivity contribution < 1.29 is 23.6 Å². The molecule has 0 bridgehead atoms. The molecule has 1 N–H and O–H groups in total. The largest absolute Gasteiger partial charge is 0.463 e. The maximum Gasteiger partial charge on any atom is 0.336 e. The molecule has 0 unspecified atom stereocenters. The van der Waals surface area contributed by atoms with E-state index in [0.717, 1.165) is 11.1 Å². The molecule has 158 valence electrons. The minimum absolute atomic E-state index is 0.215. The van der Waals surface area contributed by atoms with Crippen molar-refractivity contribution in [3.8, 4) is 11.3 Å². The number of nitrogens with one attached hydrogen (secondary N) is 1. The Morgan fingerprint density at radius 1 is 0.967 bits per heavy atom. The van der Waals surface area contributed by atoms with Gasteiger partial charge in [-0.05, 0) is 34.6 Å². The third-order valence-electron chi connectivity index (χ3n) is 4.91. The van der Waals surface area contributed by atoms with Gasteiger partial charge in [0.25, 0.3) is 0 Å². The quantitative estimate of drug-likeness (QED) is 0.720. The Morgan fingerprint density at radius 3 is 2.00 bits per heavy atom. The van der Waals surface area contributed by atoms with Crippen LogP contribution in [0, 0.1) is 6.92 Å². The van der Waals surface area contributed by atoms with E-state index >= 15 is 0 Å². The summed E-state index contributed by atoms with van der Waals surface area (Å²) in [6.07, 6.45) is 0. The van der Waals surface area contributed by atoms with Gasteiger partial charge < -0.3 is 19.3 Å². The predicted octanol–water partition coefficient (Wildman–Crippen LogP) is 4.01. The van der Waals surface area contributed by atoms with Gasteiger partial charge in [-0.1, -0.05) is 35.0 Å². The highest BCUT2D eigenvalue weighted by atomic mass is 16.5. The number of hydrogen-bond donors (Lipinski definition) is 1. The zero-order chi connectivity index (χ0) is 21.8. The van der Waals surface area contributed by atoms with E-state index in [1.54, 1.807) is 33.8 Å². The summed E-state index contributed by atoms with van der Waals surface area (Å²) in [5.74, 6) is -1.24. The first-order valence-corrected chi connectivity index (χ1v) is 9.93. The van der Waals surface area contributed by atoms with Crippen molar-refractivity contribution >= 4 is 11.9 Å². The Morgan fingerprint density at radius 2 is 1.50 bits per heavy atom. The number of hydrogen-bond acceptors (Lipinski definition) is 7. The summed E-state index contributed by atoms with van der Waals surface area (Å²) in [5.41, 5.74) is 4.25. The van der Waals surface area contributed by atoms with E-state index < -0.39 is 17.9 Å². The number of aromatic nitrogens is 1. The molecule has 1 aliphatic heterocycles. The molecule has 7 heteroatoms. The average molecular weight is 410 g/mol. The Kier molecular flexibility index (Phi) is 6.40. The molecule has 2 aromatic rings. The van der Waals surface area contributed by atoms with Crippen molar-refractivity contribution in [1.82, 2.24) is 10.5 Å². The summed E-state index contributed by atoms with van der Waals surface area (Å²) in [4.78, 5) is 25.6. The average Bonchev–Trinajstić information content (AvgIpc) is 3.18. The summed E-state index contributed by atoms with van der Waals surface area (Å²) in [6.45, 7) is 9.44. The molecular weight excluding hydrogens is 384 g/mol. The summed E-state index contributed by atoms with van der Waals surface area (Å²) in [5, 5.41) is 7.31. The fourth-order valence-corrected chi connectivity index (χ4v) is 3.53. The van der Waals surface area contributed by atoms with E-state index in [2.05, 4.69) is 10.5 Å². The maximum atomic E-state index is 12.8. The zero-order valence-electron chi connectivity index (χ0n) is 17.9. The second-order valence-electron chi connectivity index (χ2n) is 7.06. The monoisotopic (exact) mass is 410 g/mol. The molecule has 3 rings (SSSR count). The number of dihydropyridines is 1. The fraction of sp³-hybridized carbons (Fsp3) is 0.348. The van der Waals surface area contributed by atoms with E-state index in [-0.39, 0.29) is 13.2 Å². The van der Waals surface area contributed by atoms with Gasteiger partial charge in [0.15, 0.2) is 5.76 Å². The number of carbonyl (C=O) groups excluding carboxylic acids is 2. The highest BCUT2D eigenvalue weighted by Gasteiger charge is 2.39. The third kappa shape index (κ3) is 4.15. The normalized spacial score (nSPS) is 14.6. The van der Waals surface area contributed by atoms with Crippen LogP contribution in [0.15, 0.2) is 57.4 Å². The van der Waals surface area contributed by atoms with Gasteiger partial charge in [-0.2, -0.15) is 0 Å². The molecular formula is C23H26N2O5. The number of rotatable bonds is 6. The number of ether oxygens (including phenoxy) is 2. The number of benzene rings is 1. The van der Waals surface area contributed by atoms with Gasteiger partial charge in [0.2, 0.25) is 0 Å². The molecule has 0 radical (unpaired) electrons. The Hall–Kier alpha value is -3.35. The number of nitrogens with zero attached hydrogens (tertiary/aromatic N) is 1. The highest BCUT2D eigenvalue weighted by Crippen LogP contribution is 2.40. The minimum Gasteiger partial charge on any atom is -0.463 e. The lowest BCUT2D eigenvalue weighted by Crippen LogP contribution is -2.32. The SMILES string of the molecule is CCOC(=O)C1=C(C)NC(C)=C(C(=O)OCC)C1c1cc(-c2ccc(C)cc2)on1. The lowest BCUT2D eigenvalue weighted by molar-refractivity contribution is -0.139. The number of esters is 2. The van der Waals surface area contributed by atoms with Crippen molar-refractivity contribution in [3.05, 3.63) is 64.1 Å². The molecule has 0 spiro atoms. The van der Waals surface area contributed by atoms with Crippen molar-refractivity contribution in [2.45, 2.75) is 40.5 Å². The van der Waals surface area contributed by atoms with Crippen LogP contribution in [0.4, 0.5) is 0 Å². The zero-order valence-corrected chi connectivity index (χ0v) is 17.9. The van der Waals surface area contributed by atoms with Crippen LogP contribution in [0.3, 0.4) is 0 Å². The van der Waals surface area contributed by atoms with E-state index in [4.69, 9.17) is 14.0 Å². The topological polar surface area (TPSA) is 90.7 Å². The molecule has 0 amide bonds. The Bertz CT molecular complexity index is 974. The van der Waals surface area contributed by atoms with Gasteiger partial charge in [-0.3, -0.25) is 0 Å². The Labute approximate surface area is 175 Å².